The van der Waals surface area contributed by atoms with Gasteiger partial charge in [0.05, 0.1) is 0 Å². The molecule has 1 saturated carbocycles. The van der Waals surface area contributed by atoms with Crippen molar-refractivity contribution in [2.75, 3.05) is 0 Å². The van der Waals surface area contributed by atoms with Crippen molar-refractivity contribution in [3.05, 3.63) is 29.3 Å². The molecular formula is C15H13N3O. The summed E-state index contributed by atoms with van der Waals surface area (Å²) in [6, 6.07) is 4.12. The number of allylic oxidation sites excluding steroid dienone is 2. The lowest BCUT2D eigenvalue weighted by atomic mass is 9.74. The molecule has 94 valence electrons. The Morgan fingerprint density at radius 1 is 1.32 bits per heavy atom. The van der Waals surface area contributed by atoms with Crippen LogP contribution in [0.1, 0.15) is 30.4 Å². The van der Waals surface area contributed by atoms with Crippen LogP contribution in [0.2, 0.25) is 0 Å². The van der Waals surface area contributed by atoms with Gasteiger partial charge in [-0.15, -0.1) is 0 Å². The molecule has 1 heterocycles. The monoisotopic (exact) mass is 251 g/mol. The van der Waals surface area contributed by atoms with Crippen LogP contribution in [0.3, 0.4) is 0 Å². The molecule has 2 unspecified atom stereocenters. The van der Waals surface area contributed by atoms with E-state index in [2.05, 4.69) is 21.5 Å². The third kappa shape index (κ3) is 1.04. The summed E-state index contributed by atoms with van der Waals surface area (Å²) in [5.74, 6) is 0.599. The molecule has 4 nitrogen and oxygen atoms in total. The maximum absolute atomic E-state index is 12.1. The summed E-state index contributed by atoms with van der Waals surface area (Å²) in [5, 5.41) is 11.2. The molecule has 0 saturated heterocycles. The minimum absolute atomic E-state index is 0.216. The molecular weight excluding hydrogens is 238 g/mol. The van der Waals surface area contributed by atoms with Gasteiger partial charge in [0.25, 0.3) is 0 Å². The molecule has 1 N–H and O–H groups in total. The van der Waals surface area contributed by atoms with Crippen molar-refractivity contribution < 1.29 is 4.79 Å². The molecule has 1 aromatic carbocycles. The molecule has 1 aromatic heterocycles. The number of fused-ring (bicyclic) bond motifs is 5. The van der Waals surface area contributed by atoms with Crippen LogP contribution in [-0.4, -0.2) is 21.2 Å². The molecule has 1 spiro atoms. The highest BCUT2D eigenvalue weighted by Gasteiger charge is 2.51. The maximum Gasteiger partial charge on any atom is 0.159 e. The first-order chi connectivity index (χ1) is 9.27. The first kappa shape index (κ1) is 9.89. The second-order valence-electron chi connectivity index (χ2n) is 6.14. The van der Waals surface area contributed by atoms with Gasteiger partial charge in [-0.1, -0.05) is 6.07 Å². The number of aromatic amines is 1. The molecule has 3 aliphatic carbocycles. The van der Waals surface area contributed by atoms with E-state index < -0.39 is 0 Å². The van der Waals surface area contributed by atoms with E-state index in [4.69, 9.17) is 0 Å². The lowest BCUT2D eigenvalue weighted by molar-refractivity contribution is -0.118. The van der Waals surface area contributed by atoms with Gasteiger partial charge in [-0.2, -0.15) is 15.4 Å². The van der Waals surface area contributed by atoms with Gasteiger partial charge in [0.2, 0.25) is 0 Å². The van der Waals surface area contributed by atoms with Crippen LogP contribution >= 0.6 is 0 Å². The highest BCUT2D eigenvalue weighted by molar-refractivity contribution is 6.04. The van der Waals surface area contributed by atoms with E-state index in [9.17, 15) is 4.79 Å². The number of hydrogen-bond acceptors (Lipinski definition) is 3. The summed E-state index contributed by atoms with van der Waals surface area (Å²) >= 11 is 0. The molecule has 4 heteroatoms. The lowest BCUT2D eigenvalue weighted by Gasteiger charge is -2.28. The Morgan fingerprint density at radius 3 is 3.21 bits per heavy atom. The van der Waals surface area contributed by atoms with Gasteiger partial charge in [-0.3, -0.25) is 4.79 Å². The average Bonchev–Trinajstić information content (AvgIpc) is 3.08. The molecule has 2 bridgehead atoms. The van der Waals surface area contributed by atoms with Crippen LogP contribution in [0.5, 0.6) is 0 Å². The minimum atomic E-state index is 0.216. The number of H-pyrrole nitrogens is 1. The molecule has 3 aliphatic rings. The van der Waals surface area contributed by atoms with E-state index in [0.717, 1.165) is 36.7 Å². The average molecular weight is 251 g/mol. The van der Waals surface area contributed by atoms with E-state index in [1.54, 1.807) is 0 Å². The number of carbonyl (C=O) groups is 1. The second-order valence-corrected chi connectivity index (χ2v) is 6.14. The zero-order valence-electron chi connectivity index (χ0n) is 10.4. The highest BCUT2D eigenvalue weighted by atomic mass is 16.1. The van der Waals surface area contributed by atoms with E-state index in [0.29, 0.717) is 5.78 Å². The van der Waals surface area contributed by atoms with Gasteiger partial charge in [0.1, 0.15) is 11.0 Å². The topological polar surface area (TPSA) is 58.6 Å². The first-order valence-corrected chi connectivity index (χ1v) is 6.86. The number of benzene rings is 1. The van der Waals surface area contributed by atoms with Crippen LogP contribution in [0.15, 0.2) is 18.2 Å². The molecule has 0 aliphatic heterocycles. The van der Waals surface area contributed by atoms with E-state index in [1.165, 1.54) is 16.7 Å². The van der Waals surface area contributed by atoms with E-state index >= 15 is 0 Å². The number of hydrogen-bond donors (Lipinski definition) is 1. The van der Waals surface area contributed by atoms with Gasteiger partial charge in [-0.05, 0) is 54.5 Å². The first-order valence-electron chi connectivity index (χ1n) is 6.86. The number of aromatic nitrogens is 3. The lowest BCUT2D eigenvalue weighted by Crippen LogP contribution is -2.23. The Balaban J connectivity index is 1.84. The predicted octanol–water partition coefficient (Wildman–Crippen LogP) is 2.27. The third-order valence-corrected chi connectivity index (χ3v) is 5.27. The Kier molecular flexibility index (Phi) is 1.54. The summed E-state index contributed by atoms with van der Waals surface area (Å²) in [6.07, 6.45) is 6.17. The van der Waals surface area contributed by atoms with Gasteiger partial charge < -0.3 is 0 Å². The molecule has 2 aromatic rings. The zero-order valence-corrected chi connectivity index (χ0v) is 10.4. The van der Waals surface area contributed by atoms with Gasteiger partial charge in [0, 0.05) is 11.3 Å². The summed E-state index contributed by atoms with van der Waals surface area (Å²) in [7, 11) is 0. The molecule has 0 radical (unpaired) electrons. The SMILES string of the molecule is O=C1C=C2c3ccc4n[nH]nc4c3CC23CCC1C3. The fourth-order valence-corrected chi connectivity index (χ4v) is 4.38. The summed E-state index contributed by atoms with van der Waals surface area (Å²) in [6.45, 7) is 0. The summed E-state index contributed by atoms with van der Waals surface area (Å²) < 4.78 is 0. The number of nitrogens with one attached hydrogen (secondary N) is 1. The van der Waals surface area contributed by atoms with Crippen molar-refractivity contribution in [1.29, 1.82) is 0 Å². The van der Waals surface area contributed by atoms with E-state index in [-0.39, 0.29) is 11.3 Å². The molecule has 1 fully saturated rings. The smallest absolute Gasteiger partial charge is 0.159 e. The van der Waals surface area contributed by atoms with Gasteiger partial charge in [-0.25, -0.2) is 0 Å². The predicted molar refractivity (Wildman–Crippen MR) is 70.4 cm³/mol. The Hall–Kier alpha value is -1.97. The van der Waals surface area contributed by atoms with Crippen LogP contribution in [0.25, 0.3) is 16.6 Å². The number of carbonyl (C=O) groups excluding carboxylic acids is 1. The maximum atomic E-state index is 12.1. The van der Waals surface area contributed by atoms with Crippen LogP contribution in [0.4, 0.5) is 0 Å². The van der Waals surface area contributed by atoms with Crippen molar-refractivity contribution in [1.82, 2.24) is 15.4 Å². The van der Waals surface area contributed by atoms with Crippen LogP contribution in [-0.2, 0) is 11.2 Å². The molecule has 0 amide bonds. The summed E-state index contributed by atoms with van der Waals surface area (Å²) in [4.78, 5) is 12.1. The molecule has 2 atom stereocenters. The van der Waals surface area contributed by atoms with E-state index in [1.807, 2.05) is 12.1 Å². The third-order valence-electron chi connectivity index (χ3n) is 5.27. The Labute approximate surface area is 109 Å². The quantitative estimate of drug-likeness (QED) is 0.781. The van der Waals surface area contributed by atoms with Crippen molar-refractivity contribution in [3.63, 3.8) is 0 Å². The fraction of sp³-hybridized carbons (Fsp3) is 0.400. The van der Waals surface area contributed by atoms with Crippen molar-refractivity contribution in [3.8, 4) is 0 Å². The van der Waals surface area contributed by atoms with Gasteiger partial charge in [0.15, 0.2) is 5.78 Å². The van der Waals surface area contributed by atoms with Crippen molar-refractivity contribution in [2.45, 2.75) is 25.7 Å². The number of nitrogens with zero attached hydrogens (tertiary/aromatic N) is 2. The molecule has 19 heavy (non-hydrogen) atoms. The van der Waals surface area contributed by atoms with Crippen LogP contribution < -0.4 is 0 Å². The zero-order chi connectivity index (χ0) is 12.6. The number of rotatable bonds is 0. The largest absolute Gasteiger partial charge is 0.295 e. The minimum Gasteiger partial charge on any atom is -0.295 e. The standard InChI is InChI=1S/C15H13N3O/c19-13-5-11-9-1-2-12-14(17-18-16-12)10(9)7-15(11)4-3-8(13)6-15/h1-2,5,8H,3-4,6-7H2,(H,16,17,18). The normalized spacial score (nSPS) is 31.5. The van der Waals surface area contributed by atoms with Crippen molar-refractivity contribution in [2.24, 2.45) is 11.3 Å². The second kappa shape index (κ2) is 2.95. The van der Waals surface area contributed by atoms with Crippen LogP contribution in [0, 0.1) is 11.3 Å². The van der Waals surface area contributed by atoms with Gasteiger partial charge >= 0.3 is 0 Å². The summed E-state index contributed by atoms with van der Waals surface area (Å²) in [5.41, 5.74) is 5.91. The molecule has 5 rings (SSSR count). The van der Waals surface area contributed by atoms with Crippen molar-refractivity contribution >= 4 is 22.4 Å². The number of ketones is 1. The Bertz CT molecular complexity index is 773. The Morgan fingerprint density at radius 2 is 2.26 bits per heavy atom. The fourth-order valence-electron chi connectivity index (χ4n) is 4.38. The highest BCUT2D eigenvalue weighted by Crippen LogP contribution is 2.60.